The summed E-state index contributed by atoms with van der Waals surface area (Å²) < 4.78 is 47.8. The van der Waals surface area contributed by atoms with Crippen molar-refractivity contribution in [2.24, 2.45) is 50.2 Å². The van der Waals surface area contributed by atoms with Gasteiger partial charge in [0.25, 0.3) is 0 Å². The Bertz CT molecular complexity index is 2100. The molecule has 7 fully saturated rings. The maximum atomic E-state index is 15.6. The van der Waals surface area contributed by atoms with Crippen molar-refractivity contribution in [3.8, 4) is 0 Å². The minimum atomic E-state index is -1.93. The van der Waals surface area contributed by atoms with Crippen molar-refractivity contribution in [1.82, 2.24) is 0 Å². The van der Waals surface area contributed by atoms with Crippen LogP contribution in [-0.4, -0.2) is 181 Å². The average molecular weight is 1030 g/mol. The molecule has 3 aliphatic heterocycles. The third-order valence-corrected chi connectivity index (χ3v) is 19.4. The van der Waals surface area contributed by atoms with Gasteiger partial charge in [0.2, 0.25) is 6.29 Å². The van der Waals surface area contributed by atoms with E-state index in [0.29, 0.717) is 44.9 Å². The molecule has 3 saturated heterocycles. The van der Waals surface area contributed by atoms with Crippen LogP contribution >= 0.6 is 0 Å². The molecule has 408 valence electrons. The van der Waals surface area contributed by atoms with Crippen LogP contribution in [0.3, 0.4) is 0 Å². The Morgan fingerprint density at radius 2 is 1.26 bits per heavy atom. The molecule has 0 aromatic rings. The lowest BCUT2D eigenvalue weighted by Gasteiger charge is -2.71. The molecule has 3 heterocycles. The van der Waals surface area contributed by atoms with Crippen molar-refractivity contribution in [2.45, 2.75) is 218 Å². The van der Waals surface area contributed by atoms with Gasteiger partial charge in [0, 0.05) is 19.3 Å². The second kappa shape index (κ2) is 19.6. The van der Waals surface area contributed by atoms with Gasteiger partial charge < -0.3 is 83.9 Å². The van der Waals surface area contributed by atoms with Crippen LogP contribution in [0.5, 0.6) is 0 Å². The highest BCUT2D eigenvalue weighted by molar-refractivity contribution is 5.79. The number of fused-ring (bicyclic) bond motifs is 7. The van der Waals surface area contributed by atoms with Crippen LogP contribution in [-0.2, 0) is 57.1 Å². The van der Waals surface area contributed by atoms with Crippen LogP contribution in [0.1, 0.15) is 120 Å². The van der Waals surface area contributed by atoms with E-state index in [4.69, 9.17) is 37.9 Å². The maximum Gasteiger partial charge on any atom is 0.315 e. The second-order valence-corrected chi connectivity index (χ2v) is 24.0. The topological polar surface area (TPSA) is 324 Å². The Hall–Kier alpha value is -2.90. The molecule has 9 N–H and O–H groups in total. The molecule has 21 heteroatoms. The lowest BCUT2D eigenvalue weighted by atomic mass is 9.33. The Labute approximate surface area is 419 Å². The number of hydrogen-bond donors (Lipinski definition) is 9. The van der Waals surface area contributed by atoms with E-state index in [1.807, 2.05) is 6.92 Å². The second-order valence-electron chi connectivity index (χ2n) is 24.0. The molecule has 0 aromatic carbocycles. The number of aliphatic hydroxyl groups is 8. The van der Waals surface area contributed by atoms with Gasteiger partial charge in [0.15, 0.2) is 30.9 Å². The summed E-state index contributed by atoms with van der Waals surface area (Å²) in [5.41, 5.74) is -4.38. The molecule has 0 spiro atoms. The number of ether oxygens (including phenoxy) is 8. The normalized spacial score (nSPS) is 50.9. The van der Waals surface area contributed by atoms with Gasteiger partial charge in [-0.05, 0) is 113 Å². The summed E-state index contributed by atoms with van der Waals surface area (Å²) in [5, 5.41) is 98.8. The van der Waals surface area contributed by atoms with E-state index in [9.17, 15) is 60.3 Å². The SMILES string of the molecule is CC(=O)OC1C(C)OC(OC(=O)C23CCC(C)(C)CC2C2=CCC4C5(C)CC(O)C(O)C(C)(C(=O)O)C5CCC4(C)C2(CO)CC3)C(OC2OC(C)C(OC3OCC(O)C(O)C3O)C(O)C2O)C1OC(C)=O. The smallest absolute Gasteiger partial charge is 0.315 e. The van der Waals surface area contributed by atoms with Crippen LogP contribution in [0, 0.1) is 50.2 Å². The Balaban J connectivity index is 1.12. The Kier molecular flexibility index (Phi) is 15.1. The number of carboxylic acids is 1. The number of allylic oxidation sites excluding steroid dienone is 1. The van der Waals surface area contributed by atoms with Crippen molar-refractivity contribution in [3.05, 3.63) is 11.6 Å². The van der Waals surface area contributed by atoms with Gasteiger partial charge in [0.05, 0.1) is 48.5 Å². The van der Waals surface area contributed by atoms with E-state index in [-0.39, 0.29) is 30.8 Å². The first-order valence-electron chi connectivity index (χ1n) is 25.6. The summed E-state index contributed by atoms with van der Waals surface area (Å²) in [5.74, 6) is -4.57. The summed E-state index contributed by atoms with van der Waals surface area (Å²) >= 11 is 0. The number of carboxylic acid groups (broad SMARTS) is 1. The molecule has 8 aliphatic rings. The lowest BCUT2D eigenvalue weighted by molar-refractivity contribution is -0.373. The number of carbonyl (C=O) groups is 4. The van der Waals surface area contributed by atoms with Crippen LogP contribution in [0.2, 0.25) is 0 Å². The quantitative estimate of drug-likeness (QED) is 0.0837. The summed E-state index contributed by atoms with van der Waals surface area (Å²) in [6.07, 6.45) is -18.5. The minimum absolute atomic E-state index is 0.181. The minimum Gasteiger partial charge on any atom is -0.481 e. The van der Waals surface area contributed by atoms with Crippen molar-refractivity contribution < 1.29 is 103 Å². The molecule has 0 radical (unpaired) electrons. The summed E-state index contributed by atoms with van der Waals surface area (Å²) in [7, 11) is 0. The number of hydrogen-bond acceptors (Lipinski definition) is 20. The molecule has 72 heavy (non-hydrogen) atoms. The van der Waals surface area contributed by atoms with Gasteiger partial charge in [-0.2, -0.15) is 0 Å². The highest BCUT2D eigenvalue weighted by Gasteiger charge is 2.73. The fourth-order valence-electron chi connectivity index (χ4n) is 15.5. The molecule has 24 unspecified atom stereocenters. The van der Waals surface area contributed by atoms with Gasteiger partial charge in [-0.15, -0.1) is 0 Å². The van der Waals surface area contributed by atoms with Crippen LogP contribution < -0.4 is 0 Å². The van der Waals surface area contributed by atoms with Gasteiger partial charge in [-0.25, -0.2) is 0 Å². The number of aliphatic hydroxyl groups excluding tert-OH is 8. The van der Waals surface area contributed by atoms with Crippen molar-refractivity contribution in [2.75, 3.05) is 13.2 Å². The van der Waals surface area contributed by atoms with Crippen molar-refractivity contribution in [3.63, 3.8) is 0 Å². The first-order chi connectivity index (χ1) is 33.5. The fraction of sp³-hybridized carbons (Fsp3) is 0.882. The average Bonchev–Trinajstić information content (AvgIpc) is 3.30. The third kappa shape index (κ3) is 8.74. The van der Waals surface area contributed by atoms with Gasteiger partial charge in [-0.1, -0.05) is 39.3 Å². The summed E-state index contributed by atoms with van der Waals surface area (Å²) in [6, 6.07) is 0. The Morgan fingerprint density at radius 3 is 1.90 bits per heavy atom. The monoisotopic (exact) mass is 1030 g/mol. The van der Waals surface area contributed by atoms with Crippen LogP contribution in [0.4, 0.5) is 0 Å². The van der Waals surface area contributed by atoms with E-state index >= 15 is 4.79 Å². The van der Waals surface area contributed by atoms with E-state index < -0.39 is 168 Å². The highest BCUT2D eigenvalue weighted by Crippen LogP contribution is 2.76. The third-order valence-electron chi connectivity index (χ3n) is 19.4. The van der Waals surface area contributed by atoms with Gasteiger partial charge in [0.1, 0.15) is 36.6 Å². The van der Waals surface area contributed by atoms with E-state index in [0.717, 1.165) is 19.4 Å². The molecule has 8 rings (SSSR count). The van der Waals surface area contributed by atoms with E-state index in [1.54, 1.807) is 0 Å². The first kappa shape index (κ1) is 55.3. The first-order valence-corrected chi connectivity index (χ1v) is 25.6. The zero-order valence-corrected chi connectivity index (χ0v) is 42.7. The van der Waals surface area contributed by atoms with Crippen LogP contribution in [0.25, 0.3) is 0 Å². The molecular weight excluding hydrogens is 949 g/mol. The zero-order valence-electron chi connectivity index (χ0n) is 42.7. The lowest BCUT2D eigenvalue weighted by Crippen LogP contribution is -2.70. The van der Waals surface area contributed by atoms with Crippen molar-refractivity contribution >= 4 is 23.9 Å². The van der Waals surface area contributed by atoms with E-state index in [1.165, 1.54) is 20.8 Å². The Morgan fingerprint density at radius 1 is 0.667 bits per heavy atom. The molecule has 4 saturated carbocycles. The molecule has 21 nitrogen and oxygen atoms in total. The molecule has 0 aromatic heterocycles. The number of esters is 3. The zero-order chi connectivity index (χ0) is 53.0. The van der Waals surface area contributed by atoms with Gasteiger partial charge in [-0.3, -0.25) is 19.2 Å². The van der Waals surface area contributed by atoms with Crippen LogP contribution in [0.15, 0.2) is 11.6 Å². The predicted octanol–water partition coefficient (Wildman–Crippen LogP) is 0.984. The number of carbonyl (C=O) groups excluding carboxylic acids is 3. The molecule has 5 aliphatic carbocycles. The van der Waals surface area contributed by atoms with Gasteiger partial charge >= 0.3 is 23.9 Å². The summed E-state index contributed by atoms with van der Waals surface area (Å²) in [6.45, 7) is 14.6. The molecule has 0 bridgehead atoms. The predicted molar refractivity (Wildman–Crippen MR) is 245 cm³/mol. The fourth-order valence-corrected chi connectivity index (χ4v) is 15.5. The highest BCUT2D eigenvalue weighted by atomic mass is 16.8. The maximum absolute atomic E-state index is 15.6. The summed E-state index contributed by atoms with van der Waals surface area (Å²) in [4.78, 5) is 53.9. The van der Waals surface area contributed by atoms with Crippen molar-refractivity contribution in [1.29, 1.82) is 0 Å². The molecule has 24 atom stereocenters. The largest absolute Gasteiger partial charge is 0.481 e. The number of aliphatic carboxylic acids is 1. The molecular formula is C51H78O21. The molecule has 0 amide bonds. The standard InChI is InChI=1S/C51H78O21/c1-22-36(70-41-34(59)32(57)29(56)20-65-41)33(58)35(60)42(66-22)71-39-38(69-25(4)54)37(68-24(3)53)23(2)67-43(39)72-45(64)50-15-14-46(5,6)18-27(50)26-10-11-30-47(7)19-28(55)40(61)49(9,44(62)63)31(47)12-13-48(30,8)51(26,21-52)17-16-50/h10,22-23,27-43,52,55-61H,11-21H2,1-9H3,(H,62,63). The van der Waals surface area contributed by atoms with E-state index in [2.05, 4.69) is 26.8 Å². The number of rotatable bonds is 10.